The summed E-state index contributed by atoms with van der Waals surface area (Å²) in [5.41, 5.74) is 1.77. The van der Waals surface area contributed by atoms with E-state index in [0.29, 0.717) is 31.8 Å². The monoisotopic (exact) mass is 385 g/mol. The Morgan fingerprint density at radius 2 is 2.29 bits per heavy atom. The van der Waals surface area contributed by atoms with Crippen molar-refractivity contribution in [3.05, 3.63) is 24.0 Å². The van der Waals surface area contributed by atoms with Gasteiger partial charge in [0, 0.05) is 56.4 Å². The second-order valence-electron chi connectivity index (χ2n) is 7.89. The van der Waals surface area contributed by atoms with Crippen LogP contribution in [-0.4, -0.2) is 76.2 Å². The quantitative estimate of drug-likeness (QED) is 0.843. The summed E-state index contributed by atoms with van der Waals surface area (Å²) in [7, 11) is 1.63. The number of hydrogen-bond donors (Lipinski definition) is 1. The molecular weight excluding hydrogens is 358 g/mol. The van der Waals surface area contributed by atoms with Gasteiger partial charge in [-0.3, -0.25) is 14.7 Å². The van der Waals surface area contributed by atoms with E-state index in [2.05, 4.69) is 15.2 Å². The number of nitrogens with one attached hydrogen (secondary N) is 1. The Morgan fingerprint density at radius 1 is 1.43 bits per heavy atom. The summed E-state index contributed by atoms with van der Waals surface area (Å²) in [4.78, 5) is 33.5. The molecule has 2 aliphatic rings. The fourth-order valence-corrected chi connectivity index (χ4v) is 4.51. The maximum absolute atomic E-state index is 13.1. The first-order valence-corrected chi connectivity index (χ1v) is 9.94. The minimum Gasteiger partial charge on any atom is -0.383 e. The highest BCUT2D eigenvalue weighted by molar-refractivity contribution is 5.89. The number of H-pyrrole nitrogens is 1. The molecule has 2 aromatic rings. The molecule has 2 saturated heterocycles. The van der Waals surface area contributed by atoms with Gasteiger partial charge in [0.1, 0.15) is 0 Å². The van der Waals surface area contributed by atoms with Crippen molar-refractivity contribution in [1.29, 1.82) is 0 Å². The molecule has 4 rings (SSSR count). The molecule has 0 saturated carbocycles. The summed E-state index contributed by atoms with van der Waals surface area (Å²) in [5, 5.41) is 8.45. The largest absolute Gasteiger partial charge is 0.383 e. The first kappa shape index (κ1) is 18.9. The third-order valence-corrected chi connectivity index (χ3v) is 5.95. The Bertz CT molecular complexity index is 866. The van der Waals surface area contributed by atoms with Crippen LogP contribution in [0.2, 0.25) is 0 Å². The summed E-state index contributed by atoms with van der Waals surface area (Å²) in [6, 6.07) is 3.92. The Balaban J connectivity index is 1.45. The smallest absolute Gasteiger partial charge is 0.228 e. The minimum absolute atomic E-state index is 0.00624. The molecule has 0 spiro atoms. The third kappa shape index (κ3) is 3.48. The molecule has 8 heteroatoms. The molecule has 1 N–H and O–H groups in total. The molecule has 0 bridgehead atoms. The Labute approximate surface area is 164 Å². The predicted molar refractivity (Wildman–Crippen MR) is 104 cm³/mol. The van der Waals surface area contributed by atoms with Crippen molar-refractivity contribution in [1.82, 2.24) is 25.0 Å². The van der Waals surface area contributed by atoms with Crippen LogP contribution in [0, 0.1) is 5.92 Å². The average molecular weight is 385 g/mol. The van der Waals surface area contributed by atoms with Gasteiger partial charge in [-0.25, -0.2) is 4.98 Å². The van der Waals surface area contributed by atoms with E-state index < -0.39 is 0 Å². The molecule has 2 aromatic heterocycles. The zero-order valence-electron chi connectivity index (χ0n) is 16.4. The molecule has 150 valence electrons. The van der Waals surface area contributed by atoms with Gasteiger partial charge in [-0.05, 0) is 31.9 Å². The second-order valence-corrected chi connectivity index (χ2v) is 7.89. The highest BCUT2D eigenvalue weighted by Gasteiger charge is 2.39. The number of piperidine rings is 1. The first-order chi connectivity index (χ1) is 13.6. The Morgan fingerprint density at radius 3 is 3.11 bits per heavy atom. The summed E-state index contributed by atoms with van der Waals surface area (Å²) >= 11 is 0. The van der Waals surface area contributed by atoms with E-state index in [4.69, 9.17) is 4.74 Å². The van der Waals surface area contributed by atoms with E-state index in [1.54, 1.807) is 18.2 Å². The van der Waals surface area contributed by atoms with E-state index >= 15 is 0 Å². The zero-order chi connectivity index (χ0) is 19.7. The van der Waals surface area contributed by atoms with Crippen LogP contribution < -0.4 is 0 Å². The molecule has 2 amide bonds. The standard InChI is InChI=1S/C20H27N5O3/c1-13(12-28-2)25-11-15(9-17(25)26)20(27)24-8-4-5-14(10-24)18-16-6-3-7-21-19(16)23-22-18/h3,6-7,13-15H,4-5,8-12H2,1-2H3,(H,21,22,23). The average Bonchev–Trinajstić information content (AvgIpc) is 3.31. The number of hydrogen-bond acceptors (Lipinski definition) is 5. The number of aromatic nitrogens is 3. The van der Waals surface area contributed by atoms with Crippen LogP contribution >= 0.6 is 0 Å². The molecule has 3 atom stereocenters. The molecule has 2 aliphatic heterocycles. The topological polar surface area (TPSA) is 91.4 Å². The molecule has 0 radical (unpaired) electrons. The van der Waals surface area contributed by atoms with Crippen LogP contribution in [0.15, 0.2) is 18.3 Å². The second kappa shape index (κ2) is 7.87. The summed E-state index contributed by atoms with van der Waals surface area (Å²) in [6.07, 6.45) is 3.99. The van der Waals surface area contributed by atoms with Crippen molar-refractivity contribution in [3.8, 4) is 0 Å². The molecule has 0 aromatic carbocycles. The lowest BCUT2D eigenvalue weighted by atomic mass is 9.92. The van der Waals surface area contributed by atoms with E-state index in [1.807, 2.05) is 24.0 Å². The number of carbonyl (C=O) groups excluding carboxylic acids is 2. The number of fused-ring (bicyclic) bond motifs is 1. The predicted octanol–water partition coefficient (Wildman–Crippen LogP) is 1.55. The molecule has 8 nitrogen and oxygen atoms in total. The normalized spacial score (nSPS) is 24.1. The van der Waals surface area contributed by atoms with Crippen molar-refractivity contribution < 1.29 is 14.3 Å². The van der Waals surface area contributed by atoms with Crippen LogP contribution in [-0.2, 0) is 14.3 Å². The number of methoxy groups -OCH3 is 1. The number of ether oxygens (including phenoxy) is 1. The van der Waals surface area contributed by atoms with E-state index in [0.717, 1.165) is 30.5 Å². The zero-order valence-corrected chi connectivity index (χ0v) is 16.4. The lowest BCUT2D eigenvalue weighted by molar-refractivity contribution is -0.137. The lowest BCUT2D eigenvalue weighted by Gasteiger charge is -2.34. The van der Waals surface area contributed by atoms with E-state index in [1.165, 1.54) is 0 Å². The van der Waals surface area contributed by atoms with Crippen molar-refractivity contribution in [3.63, 3.8) is 0 Å². The van der Waals surface area contributed by atoms with Gasteiger partial charge < -0.3 is 14.5 Å². The van der Waals surface area contributed by atoms with Crippen molar-refractivity contribution in [2.45, 2.75) is 38.1 Å². The molecule has 28 heavy (non-hydrogen) atoms. The number of rotatable bonds is 5. The van der Waals surface area contributed by atoms with Gasteiger partial charge in [0.25, 0.3) is 0 Å². The number of likely N-dealkylation sites (tertiary alicyclic amines) is 2. The highest BCUT2D eigenvalue weighted by atomic mass is 16.5. The van der Waals surface area contributed by atoms with Crippen LogP contribution in [0.1, 0.15) is 37.8 Å². The van der Waals surface area contributed by atoms with Gasteiger partial charge in [0.2, 0.25) is 11.8 Å². The summed E-state index contributed by atoms with van der Waals surface area (Å²) < 4.78 is 5.16. The molecular formula is C20H27N5O3. The number of carbonyl (C=O) groups is 2. The van der Waals surface area contributed by atoms with Crippen LogP contribution in [0.5, 0.6) is 0 Å². The van der Waals surface area contributed by atoms with Crippen LogP contribution in [0.25, 0.3) is 11.0 Å². The van der Waals surface area contributed by atoms with E-state index in [-0.39, 0.29) is 29.7 Å². The lowest BCUT2D eigenvalue weighted by Crippen LogP contribution is -2.44. The molecule has 4 heterocycles. The fourth-order valence-electron chi connectivity index (χ4n) is 4.51. The van der Waals surface area contributed by atoms with Crippen molar-refractivity contribution in [2.75, 3.05) is 33.4 Å². The number of pyridine rings is 1. The van der Waals surface area contributed by atoms with Crippen molar-refractivity contribution in [2.24, 2.45) is 5.92 Å². The number of nitrogens with zero attached hydrogens (tertiary/aromatic N) is 4. The molecule has 3 unspecified atom stereocenters. The number of aromatic amines is 1. The Hall–Kier alpha value is -2.48. The fraction of sp³-hybridized carbons (Fsp3) is 0.600. The minimum atomic E-state index is -0.259. The van der Waals surface area contributed by atoms with Crippen LogP contribution in [0.4, 0.5) is 0 Å². The molecule has 0 aliphatic carbocycles. The van der Waals surface area contributed by atoms with Crippen LogP contribution in [0.3, 0.4) is 0 Å². The van der Waals surface area contributed by atoms with Gasteiger partial charge in [0.05, 0.1) is 18.6 Å². The van der Waals surface area contributed by atoms with Gasteiger partial charge in [-0.2, -0.15) is 5.10 Å². The van der Waals surface area contributed by atoms with Gasteiger partial charge in [-0.15, -0.1) is 0 Å². The molecule has 2 fully saturated rings. The van der Waals surface area contributed by atoms with Gasteiger partial charge >= 0.3 is 0 Å². The summed E-state index contributed by atoms with van der Waals surface area (Å²) in [6.45, 7) is 4.34. The maximum atomic E-state index is 13.1. The highest BCUT2D eigenvalue weighted by Crippen LogP contribution is 2.31. The van der Waals surface area contributed by atoms with E-state index in [9.17, 15) is 9.59 Å². The Kier molecular flexibility index (Phi) is 5.30. The summed E-state index contributed by atoms with van der Waals surface area (Å²) in [5.74, 6) is 0.0902. The maximum Gasteiger partial charge on any atom is 0.228 e. The third-order valence-electron chi connectivity index (χ3n) is 5.95. The number of amides is 2. The van der Waals surface area contributed by atoms with Gasteiger partial charge in [-0.1, -0.05) is 0 Å². The van der Waals surface area contributed by atoms with Gasteiger partial charge in [0.15, 0.2) is 5.65 Å². The van der Waals surface area contributed by atoms with Crippen molar-refractivity contribution >= 4 is 22.8 Å². The SMILES string of the molecule is COCC(C)N1CC(C(=O)N2CCCC(c3[nH]nc4ncccc34)C2)CC1=O. The first-order valence-electron chi connectivity index (χ1n) is 9.94.